The van der Waals surface area contributed by atoms with Gasteiger partial charge in [0.15, 0.2) is 0 Å². The molecule has 0 aromatic heterocycles. The third-order valence-corrected chi connectivity index (χ3v) is 3.54. The topological polar surface area (TPSA) is 66.0 Å². The van der Waals surface area contributed by atoms with Crippen LogP contribution in [0.2, 0.25) is 0 Å². The third-order valence-electron chi connectivity index (χ3n) is 3.54. The summed E-state index contributed by atoms with van der Waals surface area (Å²) in [6.07, 6.45) is 2.26. The van der Waals surface area contributed by atoms with Crippen molar-refractivity contribution in [1.29, 1.82) is 0 Å². The number of amides is 1. The molecule has 0 fully saturated rings. The van der Waals surface area contributed by atoms with Gasteiger partial charge in [-0.3, -0.25) is 4.79 Å². The van der Waals surface area contributed by atoms with Gasteiger partial charge < -0.3 is 24.3 Å². The summed E-state index contributed by atoms with van der Waals surface area (Å²) in [4.78, 5) is 11.6. The summed E-state index contributed by atoms with van der Waals surface area (Å²) in [5, 5.41) is 2.84. The Morgan fingerprint density at radius 3 is 1.54 bits per heavy atom. The van der Waals surface area contributed by atoms with Gasteiger partial charge in [-0.15, -0.1) is 0 Å². The fraction of sp³-hybridized carbons (Fsp3) is 0.950. The second-order valence-corrected chi connectivity index (χ2v) is 8.62. The molecule has 0 saturated heterocycles. The molecule has 6 nitrogen and oxygen atoms in total. The quantitative estimate of drug-likeness (QED) is 0.446. The first-order chi connectivity index (χ1) is 12.1. The summed E-state index contributed by atoms with van der Waals surface area (Å²) in [6.45, 7) is 17.6. The Morgan fingerprint density at radius 2 is 1.12 bits per heavy atom. The van der Waals surface area contributed by atoms with Crippen molar-refractivity contribution < 1.29 is 23.7 Å². The Balaban J connectivity index is 3.17. The van der Waals surface area contributed by atoms with Crippen molar-refractivity contribution in [2.75, 3.05) is 59.4 Å². The van der Waals surface area contributed by atoms with Gasteiger partial charge in [0, 0.05) is 18.6 Å². The molecule has 0 saturated carbocycles. The smallest absolute Gasteiger partial charge is 0.225 e. The molecular weight excluding hydrogens is 334 g/mol. The molecule has 0 radical (unpaired) electrons. The second-order valence-electron chi connectivity index (χ2n) is 8.62. The summed E-state index contributed by atoms with van der Waals surface area (Å²) in [5.41, 5.74) is 0.0157. The molecular formula is C20H41NO5. The predicted octanol–water partition coefficient (Wildman–Crippen LogP) is 3.04. The van der Waals surface area contributed by atoms with Crippen LogP contribution in [0.5, 0.6) is 0 Å². The third kappa shape index (κ3) is 18.1. The summed E-state index contributed by atoms with van der Waals surface area (Å²) in [6, 6.07) is 0. The van der Waals surface area contributed by atoms with E-state index in [9.17, 15) is 4.79 Å². The van der Waals surface area contributed by atoms with Crippen LogP contribution in [0.3, 0.4) is 0 Å². The lowest BCUT2D eigenvalue weighted by Crippen LogP contribution is -2.36. The summed E-state index contributed by atoms with van der Waals surface area (Å²) >= 11 is 0. The predicted molar refractivity (Wildman–Crippen MR) is 104 cm³/mol. The maximum atomic E-state index is 11.6. The molecule has 0 aromatic rings. The molecule has 0 unspecified atom stereocenters. The van der Waals surface area contributed by atoms with E-state index in [0.717, 1.165) is 13.0 Å². The van der Waals surface area contributed by atoms with Gasteiger partial charge >= 0.3 is 0 Å². The Labute approximate surface area is 160 Å². The molecule has 0 atom stereocenters. The van der Waals surface area contributed by atoms with E-state index in [0.29, 0.717) is 58.2 Å². The minimum Gasteiger partial charge on any atom is -0.379 e. The number of hydrogen-bond acceptors (Lipinski definition) is 5. The number of carbonyl (C=O) groups excluding carboxylic acids is 1. The molecule has 0 aliphatic rings. The van der Waals surface area contributed by atoms with Crippen molar-refractivity contribution in [2.24, 2.45) is 10.8 Å². The highest BCUT2D eigenvalue weighted by atomic mass is 16.6. The zero-order valence-electron chi connectivity index (χ0n) is 17.8. The van der Waals surface area contributed by atoms with Crippen molar-refractivity contribution in [2.45, 2.75) is 54.4 Å². The summed E-state index contributed by atoms with van der Waals surface area (Å²) in [7, 11) is 0. The van der Waals surface area contributed by atoms with Crippen LogP contribution in [-0.2, 0) is 23.7 Å². The van der Waals surface area contributed by atoms with E-state index < -0.39 is 0 Å². The Morgan fingerprint density at radius 1 is 0.692 bits per heavy atom. The lowest BCUT2D eigenvalue weighted by atomic mass is 9.91. The maximum Gasteiger partial charge on any atom is 0.225 e. The van der Waals surface area contributed by atoms with Gasteiger partial charge in [-0.1, -0.05) is 41.5 Å². The summed E-state index contributed by atoms with van der Waals surface area (Å²) in [5.74, 6) is 0.0349. The van der Waals surface area contributed by atoms with Crippen molar-refractivity contribution in [1.82, 2.24) is 5.32 Å². The first kappa shape index (κ1) is 25.3. The number of hydrogen-bond donors (Lipinski definition) is 1. The lowest BCUT2D eigenvalue weighted by molar-refractivity contribution is -0.128. The average Bonchev–Trinajstić information content (AvgIpc) is 2.52. The molecule has 0 aromatic carbocycles. The first-order valence-electron chi connectivity index (χ1n) is 9.72. The van der Waals surface area contributed by atoms with Gasteiger partial charge in [0.05, 0.1) is 46.2 Å². The van der Waals surface area contributed by atoms with Gasteiger partial charge in [0.2, 0.25) is 5.91 Å². The van der Waals surface area contributed by atoms with Crippen LogP contribution < -0.4 is 5.32 Å². The van der Waals surface area contributed by atoms with Gasteiger partial charge in [-0.25, -0.2) is 0 Å². The van der Waals surface area contributed by atoms with Crippen molar-refractivity contribution in [3.8, 4) is 0 Å². The van der Waals surface area contributed by atoms with E-state index in [-0.39, 0.29) is 11.3 Å². The minimum absolute atomic E-state index is 0.0349. The van der Waals surface area contributed by atoms with Gasteiger partial charge in [-0.05, 0) is 18.3 Å². The van der Waals surface area contributed by atoms with E-state index in [1.54, 1.807) is 0 Å². The van der Waals surface area contributed by atoms with E-state index in [4.69, 9.17) is 18.9 Å². The average molecular weight is 376 g/mol. The van der Waals surface area contributed by atoms with Crippen molar-refractivity contribution >= 4 is 5.91 Å². The molecule has 156 valence electrons. The summed E-state index contributed by atoms with van der Waals surface area (Å²) < 4.78 is 21.8. The van der Waals surface area contributed by atoms with Crippen LogP contribution in [-0.4, -0.2) is 65.3 Å². The number of rotatable bonds is 15. The van der Waals surface area contributed by atoms with Gasteiger partial charge in [0.1, 0.15) is 0 Å². The van der Waals surface area contributed by atoms with E-state index in [1.165, 1.54) is 6.42 Å². The number of carbonyl (C=O) groups is 1. The first-order valence-corrected chi connectivity index (χ1v) is 9.72. The molecule has 0 spiro atoms. The van der Waals surface area contributed by atoms with E-state index in [1.807, 2.05) is 20.8 Å². The van der Waals surface area contributed by atoms with Crippen molar-refractivity contribution in [3.63, 3.8) is 0 Å². The molecule has 26 heavy (non-hydrogen) atoms. The highest BCUT2D eigenvalue weighted by molar-refractivity contribution is 5.81. The SMILES string of the molecule is CC(C)(C)CCCOCCOCCOCCOCCNC(=O)C(C)(C)C. The van der Waals surface area contributed by atoms with Crippen LogP contribution in [0, 0.1) is 10.8 Å². The molecule has 0 aliphatic heterocycles. The van der Waals surface area contributed by atoms with Crippen LogP contribution in [0.25, 0.3) is 0 Å². The van der Waals surface area contributed by atoms with Crippen LogP contribution >= 0.6 is 0 Å². The van der Waals surface area contributed by atoms with Crippen LogP contribution in [0.4, 0.5) is 0 Å². The van der Waals surface area contributed by atoms with Crippen LogP contribution in [0.1, 0.15) is 54.4 Å². The molecule has 6 heteroatoms. The molecule has 0 heterocycles. The second kappa shape index (κ2) is 14.4. The highest BCUT2D eigenvalue weighted by Crippen LogP contribution is 2.20. The monoisotopic (exact) mass is 375 g/mol. The van der Waals surface area contributed by atoms with Gasteiger partial charge in [0.25, 0.3) is 0 Å². The fourth-order valence-corrected chi connectivity index (χ4v) is 1.97. The molecule has 0 aliphatic carbocycles. The standard InChI is InChI=1S/C20H41NO5/c1-19(2,3)8-7-10-23-12-14-25-16-17-26-15-13-24-11-9-21-18(22)20(4,5)6/h7-17H2,1-6H3,(H,21,22). The zero-order valence-corrected chi connectivity index (χ0v) is 17.8. The highest BCUT2D eigenvalue weighted by Gasteiger charge is 2.20. The maximum absolute atomic E-state index is 11.6. The minimum atomic E-state index is -0.361. The Hall–Kier alpha value is -0.690. The molecule has 0 bridgehead atoms. The zero-order chi connectivity index (χ0) is 19.9. The number of nitrogens with one attached hydrogen (secondary N) is 1. The van der Waals surface area contributed by atoms with E-state index in [2.05, 4.69) is 26.1 Å². The fourth-order valence-electron chi connectivity index (χ4n) is 1.97. The molecule has 0 rings (SSSR count). The lowest BCUT2D eigenvalue weighted by Gasteiger charge is -2.17. The largest absolute Gasteiger partial charge is 0.379 e. The van der Waals surface area contributed by atoms with E-state index >= 15 is 0 Å². The molecule has 1 N–H and O–H groups in total. The molecule has 1 amide bonds. The van der Waals surface area contributed by atoms with Crippen LogP contribution in [0.15, 0.2) is 0 Å². The number of ether oxygens (including phenoxy) is 4. The normalized spacial score (nSPS) is 12.4. The Kier molecular flexibility index (Phi) is 14.0. The van der Waals surface area contributed by atoms with Gasteiger partial charge in [-0.2, -0.15) is 0 Å². The van der Waals surface area contributed by atoms with Crippen molar-refractivity contribution in [3.05, 3.63) is 0 Å². The Bertz CT molecular complexity index is 347.